The van der Waals surface area contributed by atoms with Gasteiger partial charge in [-0.3, -0.25) is 19.2 Å². The molecular formula is C132H120Cl2N2O8. The number of benzene rings is 10. The number of imide groups is 2. The third kappa shape index (κ3) is 15.4. The number of rotatable bonds is 16. The molecule has 10 aromatic rings. The van der Waals surface area contributed by atoms with Crippen LogP contribution in [0.5, 0.6) is 23.0 Å². The van der Waals surface area contributed by atoms with Crippen LogP contribution in [0.3, 0.4) is 0 Å². The summed E-state index contributed by atoms with van der Waals surface area (Å²) >= 11 is 15.7. The summed E-state index contributed by atoms with van der Waals surface area (Å²) in [4.78, 5) is 68.0. The van der Waals surface area contributed by atoms with Crippen molar-refractivity contribution in [3.63, 3.8) is 0 Å². The molecule has 0 radical (unpaired) electrons. The van der Waals surface area contributed by atoms with Gasteiger partial charge in [0.05, 0.1) is 11.4 Å². The van der Waals surface area contributed by atoms with E-state index in [0.29, 0.717) is 89.7 Å². The lowest BCUT2D eigenvalue weighted by atomic mass is 9.53. The number of carbonyl (C=O) groups is 4. The molecule has 11 aliphatic carbocycles. The van der Waals surface area contributed by atoms with Gasteiger partial charge in [0.2, 0.25) is 0 Å². The molecule has 12 heteroatoms. The highest BCUT2D eigenvalue weighted by molar-refractivity contribution is 6.35. The van der Waals surface area contributed by atoms with Gasteiger partial charge in [-0.25, -0.2) is 9.80 Å². The molecule has 10 nitrogen and oxygen atoms in total. The molecule has 2 saturated heterocycles. The minimum Gasteiger partial charge on any atom is -0.457 e. The molecule has 0 N–H and O–H groups in total. The van der Waals surface area contributed by atoms with E-state index >= 15 is 19.2 Å². The number of amides is 4. The molecule has 4 amide bonds. The number of carbonyl (C=O) groups excluding carboxylic acids is 4. The van der Waals surface area contributed by atoms with Crippen molar-refractivity contribution in [2.45, 2.75) is 184 Å². The predicted octanol–water partition coefficient (Wildman–Crippen LogP) is 32.5. The zero-order valence-corrected chi connectivity index (χ0v) is 87.1. The second-order valence-electron chi connectivity index (χ2n) is 46.5. The van der Waals surface area contributed by atoms with E-state index in [-0.39, 0.29) is 92.6 Å². The van der Waals surface area contributed by atoms with Crippen molar-refractivity contribution in [1.29, 1.82) is 0 Å². The van der Waals surface area contributed by atoms with Crippen molar-refractivity contribution in [3.8, 4) is 23.0 Å². The van der Waals surface area contributed by atoms with E-state index in [2.05, 4.69) is 345 Å². The second kappa shape index (κ2) is 34.4. The maximum atomic E-state index is 16.3. The minimum absolute atomic E-state index is 0.00382. The number of allylic oxidation sites excluding steroid dienone is 24. The van der Waals surface area contributed by atoms with Gasteiger partial charge >= 0.3 is 0 Å². The summed E-state index contributed by atoms with van der Waals surface area (Å²) in [5.41, 5.74) is 27.1. The SMILES string of the molecule is CC(C)c1cccc(C(C)C)c1N1C(=O)C2=CC(Oc3ccc(C(C)(C)C)cc3)=C3C4=CC=CC5C(c6cc7cc8c(cc7cc6Cl)/C=C\c6cc7cc(C9=CC=C%10C%11=C(Oc%12ccc(C(C)(C)C)cc%12)C=C%12C(=O)N(c%13c(C(C)C)cccc%13C(C)C)C(=O)C%13=CC(Oc%14ccc(C(C)(C)C)cc%14)=C(C%14=CC=CC9C%14%10)C%11C%13%12)c(Cl)cc7cc6/C=C\8)=CC=C(C6=C(Oc7ccc(C(C)(C)C)cc7)C=C(C1=O)C2C36)C45. The van der Waals surface area contributed by atoms with Crippen molar-refractivity contribution < 1.29 is 38.1 Å². The first-order chi connectivity index (χ1) is 68.7. The molecular weight excluding hydrogens is 1810 g/mol. The zero-order valence-electron chi connectivity index (χ0n) is 85.6. The fourth-order valence-electron chi connectivity index (χ4n) is 24.6. The molecule has 0 spiro atoms. The van der Waals surface area contributed by atoms with Crippen molar-refractivity contribution in [3.05, 3.63) is 445 Å². The lowest BCUT2D eigenvalue weighted by Crippen LogP contribution is -2.53. The fourth-order valence-corrected chi connectivity index (χ4v) is 25.2. The molecule has 2 aliphatic heterocycles. The quantitative estimate of drug-likeness (QED) is 0.0880. The molecule has 720 valence electrons. The summed E-state index contributed by atoms with van der Waals surface area (Å²) in [6.45, 7) is 43.4. The highest BCUT2D eigenvalue weighted by Crippen LogP contribution is 2.67. The van der Waals surface area contributed by atoms with Crippen molar-refractivity contribution in [1.82, 2.24) is 0 Å². The fraction of sp³-hybridized carbons (Fsp3) is 0.273. The number of hydrogen-bond acceptors (Lipinski definition) is 8. The van der Waals surface area contributed by atoms with Crippen LogP contribution in [0.25, 0.3) is 57.0 Å². The van der Waals surface area contributed by atoms with E-state index in [1.807, 2.05) is 85.0 Å². The number of para-hydroxylation sites is 2. The zero-order chi connectivity index (χ0) is 101. The number of piperidine rings is 2. The largest absolute Gasteiger partial charge is 0.457 e. The average molecular weight is 1930 g/mol. The van der Waals surface area contributed by atoms with Crippen LogP contribution < -0.4 is 28.7 Å². The van der Waals surface area contributed by atoms with Gasteiger partial charge < -0.3 is 18.9 Å². The van der Waals surface area contributed by atoms with E-state index in [1.165, 1.54) is 9.80 Å². The number of fused-ring (bicyclic) bond motifs is 8. The summed E-state index contributed by atoms with van der Waals surface area (Å²) in [6.07, 6.45) is 39.1. The van der Waals surface area contributed by atoms with Gasteiger partial charge in [-0.15, -0.1) is 0 Å². The standard InChI is InChI=1S/C132H120Cl2N2O8/c1-69(2)89-25-21-26-90(70(3)4)123(89)135-125(137)103-65-109(141-85-45-37-81(38-46-85)129(9,10)11)117-97-31-23-29-95-93(53-55-99(113(95)97)119-111(67-105(127(135)139)115(103)121(117)119)143-87-49-41-83(42-50-87)131(15,16)17)101-61-77-57-73-33-35-76-60-80-64-108(134)102(62-78(80)58-74(76)34-36-75(73)59-79(77)63-107(101)133)94-54-56-100-114-96(94)30-24-32-98(114)118-110(142-86-47-39-82(40-48-86)130(12,13)14)66-104-116-106(68-112(120(100)122(116)118)144-88-51-43-84(44-52-88)132(18,19)20)128(140)136(126(104)138)124-91(71(5)6)27-22-28-92(124)72(7)8/h21-72,95-96,113-116,121-122H,1-20H3/b35-33-,36-34-,73-33?,74-34?,75-36?,76-35?. The van der Waals surface area contributed by atoms with Crippen molar-refractivity contribution in [2.24, 2.45) is 47.3 Å². The molecule has 2 saturated carbocycles. The van der Waals surface area contributed by atoms with Crippen LogP contribution in [0.4, 0.5) is 11.4 Å². The average Bonchev–Trinajstić information content (AvgIpc) is 0.684. The van der Waals surface area contributed by atoms with Crippen LogP contribution in [0.2, 0.25) is 10.0 Å². The number of nitrogens with zero attached hydrogens (tertiary/aromatic N) is 2. The first-order valence-electron chi connectivity index (χ1n) is 51.2. The van der Waals surface area contributed by atoms with E-state index in [0.717, 1.165) is 155 Å². The first kappa shape index (κ1) is 93.7. The Balaban J connectivity index is 0.617. The molecule has 23 rings (SSSR count). The number of anilines is 2. The first-order valence-corrected chi connectivity index (χ1v) is 52.0. The van der Waals surface area contributed by atoms with Gasteiger partial charge in [0.15, 0.2) is 0 Å². The minimum atomic E-state index is -0.670. The molecule has 8 unspecified atom stereocenters. The van der Waals surface area contributed by atoms with E-state index in [9.17, 15) is 0 Å². The van der Waals surface area contributed by atoms with Crippen LogP contribution in [-0.2, 0) is 40.8 Å². The number of ether oxygens (including phenoxy) is 4. The summed E-state index contributed by atoms with van der Waals surface area (Å²) in [7, 11) is 0. The highest BCUT2D eigenvalue weighted by Gasteiger charge is 2.61. The molecule has 10 aromatic carbocycles. The molecule has 8 atom stereocenters. The Morgan fingerprint density at radius 2 is 0.521 bits per heavy atom. The third-order valence-corrected chi connectivity index (χ3v) is 32.7. The molecule has 4 fully saturated rings. The normalized spacial score (nSPS) is 22.2. The molecule has 13 aliphatic rings. The Morgan fingerprint density at radius 3 is 0.771 bits per heavy atom. The monoisotopic (exact) mass is 1930 g/mol. The summed E-state index contributed by atoms with van der Waals surface area (Å²) in [6, 6.07) is 63.3. The van der Waals surface area contributed by atoms with Crippen molar-refractivity contribution in [2.75, 3.05) is 9.80 Å². The van der Waals surface area contributed by atoms with Gasteiger partial charge in [0.1, 0.15) is 46.0 Å². The summed E-state index contributed by atoms with van der Waals surface area (Å²) < 4.78 is 29.5. The molecule has 0 aromatic heterocycles. The lowest BCUT2D eigenvalue weighted by Gasteiger charge is -2.52. The van der Waals surface area contributed by atoms with Gasteiger partial charge in [-0.1, -0.05) is 332 Å². The molecule has 0 bridgehead atoms. The van der Waals surface area contributed by atoms with Crippen LogP contribution in [-0.4, -0.2) is 23.6 Å². The number of hydrogen-bond donors (Lipinski definition) is 0. The van der Waals surface area contributed by atoms with Gasteiger partial charge in [0, 0.05) is 102 Å². The number of halogens is 2. The van der Waals surface area contributed by atoms with Gasteiger partial charge in [0.25, 0.3) is 23.6 Å². The van der Waals surface area contributed by atoms with Gasteiger partial charge in [-0.2, -0.15) is 0 Å². The third-order valence-electron chi connectivity index (χ3n) is 32.0. The maximum absolute atomic E-state index is 16.3. The maximum Gasteiger partial charge on any atom is 0.262 e. The Morgan fingerprint density at radius 1 is 0.278 bits per heavy atom. The topological polar surface area (TPSA) is 112 Å². The highest BCUT2D eigenvalue weighted by atomic mass is 35.5. The predicted molar refractivity (Wildman–Crippen MR) is 588 cm³/mol. The van der Waals surface area contributed by atoms with Crippen molar-refractivity contribution >= 4 is 115 Å². The van der Waals surface area contributed by atoms with E-state index in [1.54, 1.807) is 0 Å². The Labute approximate surface area is 856 Å². The molecule has 2 heterocycles. The summed E-state index contributed by atoms with van der Waals surface area (Å²) in [5.74, 6) is -0.198. The Hall–Kier alpha value is -13.9. The van der Waals surface area contributed by atoms with Crippen LogP contribution in [0.15, 0.2) is 357 Å². The van der Waals surface area contributed by atoms with Crippen LogP contribution in [0, 0.1) is 47.3 Å². The summed E-state index contributed by atoms with van der Waals surface area (Å²) in [5, 5.41) is 5.30. The van der Waals surface area contributed by atoms with Crippen LogP contribution >= 0.6 is 23.2 Å². The smallest absolute Gasteiger partial charge is 0.262 e. The van der Waals surface area contributed by atoms with Gasteiger partial charge in [-0.05, 0) is 300 Å². The Kier molecular flexibility index (Phi) is 22.4. The lowest BCUT2D eigenvalue weighted by molar-refractivity contribution is -0.126. The Bertz CT molecular complexity index is 7480. The second-order valence-corrected chi connectivity index (χ2v) is 47.3. The van der Waals surface area contributed by atoms with Crippen LogP contribution in [0.1, 0.15) is 240 Å². The van der Waals surface area contributed by atoms with E-state index in [4.69, 9.17) is 42.1 Å². The molecule has 144 heavy (non-hydrogen) atoms. The van der Waals surface area contributed by atoms with E-state index < -0.39 is 23.7 Å².